The van der Waals surface area contributed by atoms with Gasteiger partial charge in [0.05, 0.1) is 34.7 Å². The summed E-state index contributed by atoms with van der Waals surface area (Å²) in [6.07, 6.45) is 7.85. The van der Waals surface area contributed by atoms with E-state index in [0.717, 1.165) is 11.1 Å². The van der Waals surface area contributed by atoms with Crippen LogP contribution in [0.4, 0.5) is 0 Å². The predicted molar refractivity (Wildman–Crippen MR) is 130 cm³/mol. The minimum atomic E-state index is -1.09. The zero-order valence-electron chi connectivity index (χ0n) is 19.1. The summed E-state index contributed by atoms with van der Waals surface area (Å²) in [7, 11) is 0.639. The van der Waals surface area contributed by atoms with Crippen molar-refractivity contribution in [3.8, 4) is 5.88 Å². The van der Waals surface area contributed by atoms with E-state index in [0.29, 0.717) is 17.0 Å². The third-order valence-corrected chi connectivity index (χ3v) is 7.61. The highest BCUT2D eigenvalue weighted by Gasteiger charge is 2.63. The van der Waals surface area contributed by atoms with Crippen LogP contribution in [0.1, 0.15) is 49.4 Å². The summed E-state index contributed by atoms with van der Waals surface area (Å²) in [5.74, 6) is 0.101. The second-order valence-electron chi connectivity index (χ2n) is 9.11. The quantitative estimate of drug-likeness (QED) is 0.333. The molecule has 33 heavy (non-hydrogen) atoms. The Kier molecular flexibility index (Phi) is 6.21. The van der Waals surface area contributed by atoms with Gasteiger partial charge >= 0.3 is 7.12 Å². The number of alkyl halides is 1. The van der Waals surface area contributed by atoms with E-state index in [-0.39, 0.29) is 11.6 Å². The monoisotopic (exact) mass is 486 g/mol. The smallest absolute Gasteiger partial charge is 0.476 e. The van der Waals surface area contributed by atoms with Gasteiger partial charge in [0.1, 0.15) is 0 Å². The molecular formula is C24H25BCl2N2O4. The van der Waals surface area contributed by atoms with E-state index in [9.17, 15) is 4.79 Å². The Morgan fingerprint density at radius 1 is 1.15 bits per heavy atom. The number of carbonyl (C=O) groups excluding carboxylic acids is 1. The number of aromatic nitrogens is 2. The molecule has 0 spiro atoms. The van der Waals surface area contributed by atoms with Crippen LogP contribution < -0.4 is 4.74 Å². The standard InChI is InChI=1S/C24H25BCl2N2O4/c1-22(2)23(3,4)33-25(32-22)24(19-13-28-18(14-30)21(29-19)31-5)12-8-10-16(20(24)27)15-9-6-7-11-17(15)26/h6-14,20H,1-5H3. The molecule has 2 aromatic rings. The molecule has 0 radical (unpaired) electrons. The molecule has 1 aliphatic carbocycles. The Hall–Kier alpha value is -2.19. The summed E-state index contributed by atoms with van der Waals surface area (Å²) < 4.78 is 18.3. The number of aldehydes is 1. The van der Waals surface area contributed by atoms with E-state index in [1.165, 1.54) is 13.3 Å². The molecule has 0 bridgehead atoms. The van der Waals surface area contributed by atoms with Crippen LogP contribution in [0.15, 0.2) is 48.7 Å². The summed E-state index contributed by atoms with van der Waals surface area (Å²) in [6.45, 7) is 7.90. The van der Waals surface area contributed by atoms with E-state index >= 15 is 0 Å². The van der Waals surface area contributed by atoms with E-state index in [4.69, 9.17) is 37.2 Å². The van der Waals surface area contributed by atoms with Crippen LogP contribution in [0, 0.1) is 0 Å². The second-order valence-corrected chi connectivity index (χ2v) is 9.96. The number of rotatable bonds is 5. The maximum atomic E-state index is 11.4. The summed E-state index contributed by atoms with van der Waals surface area (Å²) >= 11 is 13.8. The highest BCUT2D eigenvalue weighted by molar-refractivity contribution is 6.54. The number of hydrogen-bond acceptors (Lipinski definition) is 6. The molecule has 4 rings (SSSR count). The van der Waals surface area contributed by atoms with Crippen molar-refractivity contribution in [1.82, 2.24) is 9.97 Å². The topological polar surface area (TPSA) is 70.5 Å². The molecule has 2 atom stereocenters. The van der Waals surface area contributed by atoms with Crippen LogP contribution in [0.3, 0.4) is 0 Å². The molecule has 2 unspecified atom stereocenters. The van der Waals surface area contributed by atoms with Gasteiger partial charge in [0.25, 0.3) is 0 Å². The third-order valence-electron chi connectivity index (χ3n) is 6.68. The molecule has 6 nitrogen and oxygen atoms in total. The number of benzene rings is 1. The highest BCUT2D eigenvalue weighted by atomic mass is 35.5. The van der Waals surface area contributed by atoms with Gasteiger partial charge in [-0.05, 0) is 44.9 Å². The molecule has 1 saturated heterocycles. The molecule has 0 N–H and O–H groups in total. The Morgan fingerprint density at radius 2 is 1.82 bits per heavy atom. The zero-order valence-corrected chi connectivity index (χ0v) is 20.6. The van der Waals surface area contributed by atoms with Crippen molar-refractivity contribution in [2.75, 3.05) is 7.11 Å². The van der Waals surface area contributed by atoms with Crippen molar-refractivity contribution in [2.45, 2.75) is 49.6 Å². The number of carbonyl (C=O) groups is 1. The highest BCUT2D eigenvalue weighted by Crippen LogP contribution is 2.51. The van der Waals surface area contributed by atoms with Crippen molar-refractivity contribution in [3.63, 3.8) is 0 Å². The van der Waals surface area contributed by atoms with Gasteiger partial charge in [0.2, 0.25) is 5.88 Å². The lowest BCUT2D eigenvalue weighted by Crippen LogP contribution is -2.52. The first-order valence-corrected chi connectivity index (χ1v) is 11.4. The van der Waals surface area contributed by atoms with E-state index in [1.807, 2.05) is 70.2 Å². The van der Waals surface area contributed by atoms with Gasteiger partial charge < -0.3 is 14.0 Å². The Morgan fingerprint density at radius 3 is 2.42 bits per heavy atom. The first-order chi connectivity index (χ1) is 15.6. The van der Waals surface area contributed by atoms with Gasteiger partial charge in [0.15, 0.2) is 12.0 Å². The lowest BCUT2D eigenvalue weighted by molar-refractivity contribution is 0.00578. The number of halogens is 2. The zero-order chi connectivity index (χ0) is 24.0. The SMILES string of the molecule is COc1nc(C2(B3OC(C)(C)C(C)(C)O3)C=CC=C(c3ccccc3Cl)C2Cl)cnc1C=O. The molecule has 1 fully saturated rings. The second kappa shape index (κ2) is 8.55. The number of nitrogens with zero attached hydrogens (tertiary/aromatic N) is 2. The third kappa shape index (κ3) is 3.81. The van der Waals surface area contributed by atoms with Crippen molar-refractivity contribution in [1.29, 1.82) is 0 Å². The summed E-state index contributed by atoms with van der Waals surface area (Å²) in [5.41, 5.74) is 0.923. The molecule has 1 aromatic carbocycles. The first-order valence-electron chi connectivity index (χ1n) is 10.6. The van der Waals surface area contributed by atoms with Crippen molar-refractivity contribution >= 4 is 42.2 Å². The Labute approximate surface area is 204 Å². The largest absolute Gasteiger partial charge is 0.479 e. The van der Waals surface area contributed by atoms with Crippen LogP contribution in [0.25, 0.3) is 5.57 Å². The molecule has 9 heteroatoms. The lowest BCUT2D eigenvalue weighted by atomic mass is 9.51. The first kappa shape index (κ1) is 24.0. The summed E-state index contributed by atoms with van der Waals surface area (Å²) in [6, 6.07) is 7.50. The maximum Gasteiger partial charge on any atom is 0.476 e. The minimum Gasteiger partial charge on any atom is -0.479 e. The average Bonchev–Trinajstić information content (AvgIpc) is 3.01. The van der Waals surface area contributed by atoms with E-state index in [2.05, 4.69) is 9.97 Å². The van der Waals surface area contributed by atoms with Crippen LogP contribution in [0.2, 0.25) is 5.02 Å². The fourth-order valence-electron chi connectivity index (χ4n) is 4.05. The average molecular weight is 487 g/mol. The fourth-order valence-corrected chi connectivity index (χ4v) is 4.77. The van der Waals surface area contributed by atoms with E-state index in [1.54, 1.807) is 0 Å². The maximum absolute atomic E-state index is 11.4. The van der Waals surface area contributed by atoms with Gasteiger partial charge in [-0.1, -0.05) is 48.0 Å². The molecule has 1 aromatic heterocycles. The van der Waals surface area contributed by atoms with Gasteiger partial charge in [-0.15, -0.1) is 11.6 Å². The van der Waals surface area contributed by atoms with Crippen molar-refractivity contribution in [3.05, 3.63) is 70.7 Å². The van der Waals surface area contributed by atoms with Crippen molar-refractivity contribution in [2.24, 2.45) is 0 Å². The van der Waals surface area contributed by atoms with Crippen LogP contribution in [-0.2, 0) is 14.6 Å². The van der Waals surface area contributed by atoms with Gasteiger partial charge in [0, 0.05) is 11.2 Å². The van der Waals surface area contributed by atoms with Gasteiger partial charge in [-0.3, -0.25) is 4.79 Å². The number of methoxy groups -OCH3 is 1. The fraction of sp³-hybridized carbons (Fsp3) is 0.375. The Balaban J connectivity index is 1.92. The molecule has 2 aliphatic rings. The van der Waals surface area contributed by atoms with Crippen LogP contribution in [-0.4, -0.2) is 47.1 Å². The van der Waals surface area contributed by atoms with Crippen LogP contribution >= 0.6 is 23.2 Å². The number of allylic oxidation sites excluding steroid dienone is 4. The van der Waals surface area contributed by atoms with Crippen LogP contribution in [0.5, 0.6) is 5.88 Å². The van der Waals surface area contributed by atoms with Gasteiger partial charge in [-0.25, -0.2) is 9.97 Å². The van der Waals surface area contributed by atoms with E-state index < -0.39 is 29.0 Å². The summed E-state index contributed by atoms with van der Waals surface area (Å²) in [4.78, 5) is 20.3. The molecule has 172 valence electrons. The normalized spacial score (nSPS) is 25.6. The number of ether oxygens (including phenoxy) is 1. The minimum absolute atomic E-state index is 0.0955. The lowest BCUT2D eigenvalue weighted by Gasteiger charge is -2.39. The molecule has 2 heterocycles. The predicted octanol–water partition coefficient (Wildman–Crippen LogP) is 5.08. The molecule has 1 aliphatic heterocycles. The number of hydrogen-bond donors (Lipinski definition) is 0. The van der Waals surface area contributed by atoms with Gasteiger partial charge in [-0.2, -0.15) is 0 Å². The van der Waals surface area contributed by atoms with Crippen molar-refractivity contribution < 1.29 is 18.8 Å². The molecule has 0 amide bonds. The molecular weight excluding hydrogens is 462 g/mol. The Bertz CT molecular complexity index is 1140. The molecule has 0 saturated carbocycles. The summed E-state index contributed by atoms with van der Waals surface area (Å²) in [5, 5.41) is -1.19.